The summed E-state index contributed by atoms with van der Waals surface area (Å²) in [7, 11) is 0. The Labute approximate surface area is 117 Å². The summed E-state index contributed by atoms with van der Waals surface area (Å²) in [6.45, 7) is 2.25. The topological polar surface area (TPSA) is 24.9 Å². The van der Waals surface area contributed by atoms with Gasteiger partial charge in [-0.2, -0.15) is 0 Å². The quantitative estimate of drug-likeness (QED) is 0.883. The molecule has 0 radical (unpaired) electrons. The summed E-state index contributed by atoms with van der Waals surface area (Å²) < 4.78 is 0. The lowest BCUT2D eigenvalue weighted by Crippen LogP contribution is -2.40. The first kappa shape index (κ1) is 13.1. The van der Waals surface area contributed by atoms with E-state index in [1.165, 1.54) is 50.6 Å². The van der Waals surface area contributed by atoms with Gasteiger partial charge >= 0.3 is 0 Å². The molecule has 1 N–H and O–H groups in total. The van der Waals surface area contributed by atoms with Crippen molar-refractivity contribution in [3.8, 4) is 0 Å². The highest BCUT2D eigenvalue weighted by atomic mass is 15.0. The summed E-state index contributed by atoms with van der Waals surface area (Å²) in [5.41, 5.74) is 1.17. The zero-order valence-electron chi connectivity index (χ0n) is 12.0. The minimum Gasteiger partial charge on any atom is -0.306 e. The van der Waals surface area contributed by atoms with Crippen LogP contribution in [0.1, 0.15) is 63.6 Å². The monoisotopic (exact) mass is 258 g/mol. The van der Waals surface area contributed by atoms with E-state index in [-0.39, 0.29) is 0 Å². The molecule has 0 bridgehead atoms. The molecule has 0 aromatic carbocycles. The number of rotatable bonds is 3. The zero-order valence-corrected chi connectivity index (χ0v) is 12.0. The molecule has 2 nitrogen and oxygen atoms in total. The third kappa shape index (κ3) is 3.17. The van der Waals surface area contributed by atoms with Crippen LogP contribution in [0.2, 0.25) is 0 Å². The molecule has 3 unspecified atom stereocenters. The van der Waals surface area contributed by atoms with Crippen LogP contribution in [-0.2, 0) is 0 Å². The van der Waals surface area contributed by atoms with Crippen LogP contribution in [-0.4, -0.2) is 11.0 Å². The molecule has 0 saturated heterocycles. The third-order valence-corrected chi connectivity index (χ3v) is 5.16. The second-order valence-electron chi connectivity index (χ2n) is 6.46. The Morgan fingerprint density at radius 2 is 1.95 bits per heavy atom. The third-order valence-electron chi connectivity index (χ3n) is 5.16. The van der Waals surface area contributed by atoms with E-state index in [4.69, 9.17) is 0 Å². The molecule has 0 spiro atoms. The van der Waals surface area contributed by atoms with E-state index in [9.17, 15) is 0 Å². The second kappa shape index (κ2) is 6.04. The van der Waals surface area contributed by atoms with Gasteiger partial charge in [0.2, 0.25) is 0 Å². The molecule has 2 aliphatic rings. The molecule has 104 valence electrons. The molecule has 0 aliphatic heterocycles. The van der Waals surface area contributed by atoms with Crippen molar-refractivity contribution in [2.24, 2.45) is 11.8 Å². The van der Waals surface area contributed by atoms with Gasteiger partial charge in [0.15, 0.2) is 0 Å². The van der Waals surface area contributed by atoms with E-state index in [1.807, 2.05) is 12.3 Å². The lowest BCUT2D eigenvalue weighted by molar-refractivity contribution is 0.139. The first-order valence-electron chi connectivity index (χ1n) is 8.00. The molecule has 2 saturated carbocycles. The predicted molar refractivity (Wildman–Crippen MR) is 78.9 cm³/mol. The first-order chi connectivity index (χ1) is 9.33. The average Bonchev–Trinajstić information content (AvgIpc) is 2.48. The minimum absolute atomic E-state index is 0.381. The first-order valence-corrected chi connectivity index (χ1v) is 8.00. The molecule has 19 heavy (non-hydrogen) atoms. The van der Waals surface area contributed by atoms with E-state index in [0.29, 0.717) is 12.1 Å². The molecule has 1 heterocycles. The maximum absolute atomic E-state index is 4.46. The maximum atomic E-state index is 4.46. The van der Waals surface area contributed by atoms with Crippen molar-refractivity contribution < 1.29 is 0 Å². The largest absolute Gasteiger partial charge is 0.306 e. The fourth-order valence-electron chi connectivity index (χ4n) is 4.10. The Balaban J connectivity index is 1.56. The van der Waals surface area contributed by atoms with Crippen LogP contribution >= 0.6 is 0 Å². The molecule has 4 atom stereocenters. The number of hydrogen-bond acceptors (Lipinski definition) is 2. The average molecular weight is 258 g/mol. The van der Waals surface area contributed by atoms with Gasteiger partial charge in [0.1, 0.15) is 0 Å². The van der Waals surface area contributed by atoms with E-state index in [0.717, 1.165) is 11.8 Å². The highest BCUT2D eigenvalue weighted by Crippen LogP contribution is 2.40. The molecule has 1 aromatic rings. The van der Waals surface area contributed by atoms with E-state index < -0.39 is 0 Å². The van der Waals surface area contributed by atoms with Gasteiger partial charge in [-0.1, -0.05) is 31.7 Å². The van der Waals surface area contributed by atoms with Crippen molar-refractivity contribution in [2.75, 3.05) is 0 Å². The van der Waals surface area contributed by atoms with Crippen LogP contribution in [0.4, 0.5) is 0 Å². The summed E-state index contributed by atoms with van der Waals surface area (Å²) in [5.74, 6) is 2.04. The Morgan fingerprint density at radius 3 is 2.74 bits per heavy atom. The zero-order chi connectivity index (χ0) is 13.1. The van der Waals surface area contributed by atoms with Crippen LogP contribution in [0.3, 0.4) is 0 Å². The molecule has 2 aliphatic carbocycles. The highest BCUT2D eigenvalue weighted by molar-refractivity contribution is 5.08. The van der Waals surface area contributed by atoms with Crippen molar-refractivity contribution in [2.45, 2.75) is 64.0 Å². The van der Waals surface area contributed by atoms with Crippen molar-refractivity contribution in [3.63, 3.8) is 0 Å². The Bertz CT molecular complexity index is 390. The normalized spacial score (nSPS) is 32.6. The summed E-state index contributed by atoms with van der Waals surface area (Å²) in [6.07, 6.45) is 12.0. The van der Waals surface area contributed by atoms with Gasteiger partial charge in [0.05, 0.1) is 5.69 Å². The van der Waals surface area contributed by atoms with Crippen LogP contribution in [0, 0.1) is 11.8 Å². The lowest BCUT2D eigenvalue weighted by atomic mass is 9.69. The van der Waals surface area contributed by atoms with Crippen molar-refractivity contribution in [1.29, 1.82) is 0 Å². The molecular formula is C17H26N2. The number of hydrogen-bond donors (Lipinski definition) is 1. The predicted octanol–water partition coefficient (Wildman–Crippen LogP) is 4.09. The molecule has 3 rings (SSSR count). The number of pyridine rings is 1. The summed E-state index contributed by atoms with van der Waals surface area (Å²) >= 11 is 0. The standard InChI is InChI=1S/C17H26N2/c1-13(17-8-4-5-11-18-17)19-16-10-9-14-6-2-3-7-15(14)12-16/h4-5,8,11,13-16,19H,2-3,6-7,9-10,12H2,1H3/t13-,14?,15?,16?/m1/s1. The number of aromatic nitrogens is 1. The molecule has 0 amide bonds. The summed E-state index contributed by atoms with van der Waals surface area (Å²) in [5, 5.41) is 3.81. The fraction of sp³-hybridized carbons (Fsp3) is 0.706. The lowest BCUT2D eigenvalue weighted by Gasteiger charge is -2.40. The Kier molecular flexibility index (Phi) is 4.17. The van der Waals surface area contributed by atoms with Gasteiger partial charge in [-0.25, -0.2) is 0 Å². The van der Waals surface area contributed by atoms with Gasteiger partial charge in [-0.3, -0.25) is 4.98 Å². The van der Waals surface area contributed by atoms with Crippen molar-refractivity contribution in [1.82, 2.24) is 10.3 Å². The fourth-order valence-corrected chi connectivity index (χ4v) is 4.10. The Hall–Kier alpha value is -0.890. The van der Waals surface area contributed by atoms with E-state index in [1.54, 1.807) is 0 Å². The van der Waals surface area contributed by atoms with Crippen molar-refractivity contribution in [3.05, 3.63) is 30.1 Å². The highest BCUT2D eigenvalue weighted by Gasteiger charge is 2.32. The van der Waals surface area contributed by atoms with Gasteiger partial charge in [-0.15, -0.1) is 0 Å². The number of nitrogens with zero attached hydrogens (tertiary/aromatic N) is 1. The van der Waals surface area contributed by atoms with Crippen LogP contribution < -0.4 is 5.32 Å². The van der Waals surface area contributed by atoms with Crippen molar-refractivity contribution >= 4 is 0 Å². The van der Waals surface area contributed by atoms with E-state index >= 15 is 0 Å². The summed E-state index contributed by atoms with van der Waals surface area (Å²) in [4.78, 5) is 4.46. The molecule has 2 fully saturated rings. The number of nitrogens with one attached hydrogen (secondary N) is 1. The van der Waals surface area contributed by atoms with Crippen LogP contribution in [0.15, 0.2) is 24.4 Å². The van der Waals surface area contributed by atoms with Crippen LogP contribution in [0.5, 0.6) is 0 Å². The van der Waals surface area contributed by atoms with Gasteiger partial charge in [0, 0.05) is 18.3 Å². The summed E-state index contributed by atoms with van der Waals surface area (Å²) in [6, 6.07) is 7.29. The van der Waals surface area contributed by atoms with E-state index in [2.05, 4.69) is 29.4 Å². The minimum atomic E-state index is 0.381. The maximum Gasteiger partial charge on any atom is 0.0570 e. The van der Waals surface area contributed by atoms with Gasteiger partial charge in [-0.05, 0) is 50.2 Å². The number of fused-ring (bicyclic) bond motifs is 1. The van der Waals surface area contributed by atoms with Gasteiger partial charge < -0.3 is 5.32 Å². The SMILES string of the molecule is C[C@@H](NC1CCC2CCCCC2C1)c1ccccn1. The smallest absolute Gasteiger partial charge is 0.0570 e. The van der Waals surface area contributed by atoms with Gasteiger partial charge in [0.25, 0.3) is 0 Å². The second-order valence-corrected chi connectivity index (χ2v) is 6.46. The Morgan fingerprint density at radius 1 is 1.11 bits per heavy atom. The van der Waals surface area contributed by atoms with Crippen LogP contribution in [0.25, 0.3) is 0 Å². The molecular weight excluding hydrogens is 232 g/mol. The molecule has 1 aromatic heterocycles. The molecule has 2 heteroatoms.